The van der Waals surface area contributed by atoms with E-state index in [4.69, 9.17) is 0 Å². The van der Waals surface area contributed by atoms with Crippen LogP contribution in [0.4, 0.5) is 0 Å². The van der Waals surface area contributed by atoms with Gasteiger partial charge in [-0.3, -0.25) is 9.59 Å². The third kappa shape index (κ3) is 2.38. The van der Waals surface area contributed by atoms with Crippen LogP contribution in [0.3, 0.4) is 0 Å². The molecule has 120 valence electrons. The Balaban J connectivity index is 2.20. The van der Waals surface area contributed by atoms with Crippen molar-refractivity contribution in [2.45, 2.75) is 20.4 Å². The number of hydrogen-bond acceptors (Lipinski definition) is 5. The number of para-hydroxylation sites is 2. The van der Waals surface area contributed by atoms with Crippen LogP contribution in [-0.2, 0) is 13.6 Å². The van der Waals surface area contributed by atoms with E-state index in [1.54, 1.807) is 27.0 Å². The summed E-state index contributed by atoms with van der Waals surface area (Å²) in [6.07, 6.45) is 0. The first-order valence-electron chi connectivity index (χ1n) is 7.37. The molecule has 0 spiro atoms. The fourth-order valence-corrected chi connectivity index (χ4v) is 2.59. The van der Waals surface area contributed by atoms with Crippen LogP contribution >= 0.6 is 0 Å². The molecular weight excluding hydrogens is 306 g/mol. The van der Waals surface area contributed by atoms with Gasteiger partial charge in [0.05, 0.1) is 23.3 Å². The molecule has 3 aromatic rings. The van der Waals surface area contributed by atoms with E-state index in [0.29, 0.717) is 22.3 Å². The molecule has 7 heteroatoms. The predicted molar refractivity (Wildman–Crippen MR) is 88.8 cm³/mol. The first-order valence-corrected chi connectivity index (χ1v) is 7.37. The van der Waals surface area contributed by atoms with E-state index in [9.17, 15) is 14.9 Å². The Labute approximate surface area is 137 Å². The molecule has 0 aliphatic rings. The molecule has 0 aliphatic carbocycles. The first kappa shape index (κ1) is 15.6. The average Bonchev–Trinajstić information content (AvgIpc) is 2.58. The van der Waals surface area contributed by atoms with E-state index < -0.39 is 5.56 Å². The van der Waals surface area contributed by atoms with Crippen molar-refractivity contribution in [2.24, 2.45) is 7.05 Å². The van der Waals surface area contributed by atoms with Crippen molar-refractivity contribution in [2.75, 3.05) is 0 Å². The summed E-state index contributed by atoms with van der Waals surface area (Å²) in [5.74, 6) is 0. The number of rotatable bonds is 2. The molecule has 0 fully saturated rings. The Hall–Kier alpha value is -3.27. The molecule has 0 saturated heterocycles. The van der Waals surface area contributed by atoms with Gasteiger partial charge in [-0.1, -0.05) is 12.1 Å². The van der Waals surface area contributed by atoms with Crippen LogP contribution in [0.15, 0.2) is 33.9 Å². The van der Waals surface area contributed by atoms with Gasteiger partial charge in [0, 0.05) is 7.05 Å². The third-order valence-electron chi connectivity index (χ3n) is 4.10. The molecule has 3 rings (SSSR count). The van der Waals surface area contributed by atoms with Crippen LogP contribution in [-0.4, -0.2) is 19.3 Å². The summed E-state index contributed by atoms with van der Waals surface area (Å²) in [6.45, 7) is 3.32. The maximum Gasteiger partial charge on any atom is 0.285 e. The molecular formula is C17H15N5O2. The molecule has 0 N–H and O–H groups in total. The number of fused-ring (bicyclic) bond motifs is 1. The number of aryl methyl sites for hydroxylation is 2. The molecule has 0 amide bonds. The summed E-state index contributed by atoms with van der Waals surface area (Å²) in [6, 6.07) is 9.18. The molecule has 2 aromatic heterocycles. The number of hydrogen-bond donors (Lipinski definition) is 0. The van der Waals surface area contributed by atoms with E-state index in [0.717, 1.165) is 4.68 Å². The second-order valence-electron chi connectivity index (χ2n) is 5.57. The van der Waals surface area contributed by atoms with Gasteiger partial charge in [0.25, 0.3) is 11.1 Å². The van der Waals surface area contributed by atoms with Crippen LogP contribution in [0.5, 0.6) is 0 Å². The second-order valence-corrected chi connectivity index (χ2v) is 5.57. The Bertz CT molecular complexity index is 1120. The van der Waals surface area contributed by atoms with E-state index in [2.05, 4.69) is 10.1 Å². The van der Waals surface area contributed by atoms with Gasteiger partial charge < -0.3 is 4.57 Å². The van der Waals surface area contributed by atoms with Crippen LogP contribution in [0.25, 0.3) is 11.0 Å². The zero-order chi connectivity index (χ0) is 17.4. The lowest BCUT2D eigenvalue weighted by Gasteiger charge is -2.10. The van der Waals surface area contributed by atoms with Gasteiger partial charge in [-0.05, 0) is 31.5 Å². The van der Waals surface area contributed by atoms with Gasteiger partial charge in [-0.15, -0.1) is 0 Å². The van der Waals surface area contributed by atoms with Crippen molar-refractivity contribution in [3.05, 3.63) is 67.5 Å². The zero-order valence-corrected chi connectivity index (χ0v) is 13.6. The van der Waals surface area contributed by atoms with Crippen LogP contribution in [0.1, 0.15) is 22.5 Å². The van der Waals surface area contributed by atoms with E-state index in [1.165, 1.54) is 4.57 Å². The van der Waals surface area contributed by atoms with Crippen molar-refractivity contribution < 1.29 is 0 Å². The molecule has 0 atom stereocenters. The van der Waals surface area contributed by atoms with Crippen molar-refractivity contribution >= 4 is 11.0 Å². The monoisotopic (exact) mass is 321 g/mol. The van der Waals surface area contributed by atoms with Crippen molar-refractivity contribution in [1.82, 2.24) is 19.3 Å². The summed E-state index contributed by atoms with van der Waals surface area (Å²) in [5, 5.41) is 13.4. The highest BCUT2D eigenvalue weighted by Crippen LogP contribution is 2.09. The Morgan fingerprint density at radius 3 is 2.58 bits per heavy atom. The third-order valence-corrected chi connectivity index (χ3v) is 4.10. The predicted octanol–water partition coefficient (Wildman–Crippen LogP) is 1.03. The molecule has 0 radical (unpaired) electrons. The van der Waals surface area contributed by atoms with Crippen LogP contribution in [0, 0.1) is 25.2 Å². The van der Waals surface area contributed by atoms with Gasteiger partial charge >= 0.3 is 0 Å². The van der Waals surface area contributed by atoms with Gasteiger partial charge in [-0.2, -0.15) is 10.4 Å². The first-order chi connectivity index (χ1) is 11.4. The SMILES string of the molecule is Cc1nn(Cc2nc3ccccc3n(C)c2=O)c(=O)c(C#N)c1C. The highest BCUT2D eigenvalue weighted by molar-refractivity contribution is 5.74. The van der Waals surface area contributed by atoms with Crippen LogP contribution in [0.2, 0.25) is 0 Å². The van der Waals surface area contributed by atoms with E-state index >= 15 is 0 Å². The fourth-order valence-electron chi connectivity index (χ4n) is 2.59. The van der Waals surface area contributed by atoms with Crippen molar-refractivity contribution in [1.29, 1.82) is 5.26 Å². The summed E-state index contributed by atoms with van der Waals surface area (Å²) in [5.41, 5.74) is 1.94. The minimum atomic E-state index is -0.516. The normalized spacial score (nSPS) is 10.8. The molecule has 0 unspecified atom stereocenters. The zero-order valence-electron chi connectivity index (χ0n) is 13.6. The summed E-state index contributed by atoms with van der Waals surface area (Å²) in [7, 11) is 1.66. The van der Waals surface area contributed by atoms with Crippen molar-refractivity contribution in [3.63, 3.8) is 0 Å². The van der Waals surface area contributed by atoms with E-state index in [1.807, 2.05) is 24.3 Å². The van der Waals surface area contributed by atoms with Gasteiger partial charge in [0.1, 0.15) is 17.3 Å². The minimum Gasteiger partial charge on any atom is -0.308 e. The standard InChI is InChI=1S/C17H15N5O2/c1-10-11(2)20-22(16(23)12(10)8-18)9-14-17(24)21(3)15-7-5-4-6-13(15)19-14/h4-7H,9H2,1-3H3. The highest BCUT2D eigenvalue weighted by atomic mass is 16.1. The Kier molecular flexibility index (Phi) is 3.73. The molecule has 0 bridgehead atoms. The number of aromatic nitrogens is 4. The largest absolute Gasteiger partial charge is 0.308 e. The number of benzene rings is 1. The van der Waals surface area contributed by atoms with Gasteiger partial charge in [-0.25, -0.2) is 9.67 Å². The number of nitriles is 1. The fraction of sp³-hybridized carbons (Fsp3) is 0.235. The van der Waals surface area contributed by atoms with Crippen molar-refractivity contribution in [3.8, 4) is 6.07 Å². The molecule has 7 nitrogen and oxygen atoms in total. The minimum absolute atomic E-state index is 0.0418. The lowest BCUT2D eigenvalue weighted by atomic mass is 10.1. The molecule has 2 heterocycles. The Morgan fingerprint density at radius 2 is 1.88 bits per heavy atom. The lowest BCUT2D eigenvalue weighted by Crippen LogP contribution is -2.32. The average molecular weight is 321 g/mol. The van der Waals surface area contributed by atoms with Gasteiger partial charge in [0.15, 0.2) is 0 Å². The van der Waals surface area contributed by atoms with E-state index in [-0.39, 0.29) is 23.4 Å². The molecule has 24 heavy (non-hydrogen) atoms. The number of nitrogens with zero attached hydrogens (tertiary/aromatic N) is 5. The maximum absolute atomic E-state index is 12.5. The molecule has 0 saturated carbocycles. The quantitative estimate of drug-likeness (QED) is 0.702. The maximum atomic E-state index is 12.5. The smallest absolute Gasteiger partial charge is 0.285 e. The summed E-state index contributed by atoms with van der Waals surface area (Å²) in [4.78, 5) is 29.2. The Morgan fingerprint density at radius 1 is 1.17 bits per heavy atom. The van der Waals surface area contributed by atoms with Crippen LogP contribution < -0.4 is 11.1 Å². The second kappa shape index (κ2) is 5.74. The highest BCUT2D eigenvalue weighted by Gasteiger charge is 2.15. The summed E-state index contributed by atoms with van der Waals surface area (Å²) < 4.78 is 2.62. The van der Waals surface area contributed by atoms with Gasteiger partial charge in [0.2, 0.25) is 0 Å². The lowest BCUT2D eigenvalue weighted by molar-refractivity contribution is 0.605. The topological polar surface area (TPSA) is 93.6 Å². The summed E-state index contributed by atoms with van der Waals surface area (Å²) >= 11 is 0. The molecule has 0 aliphatic heterocycles. The molecule has 1 aromatic carbocycles.